The summed E-state index contributed by atoms with van der Waals surface area (Å²) in [6.07, 6.45) is -1.06. The number of hydrogen-bond acceptors (Lipinski definition) is 4. The highest BCUT2D eigenvalue weighted by Gasteiger charge is 2.38. The number of aliphatic hydroxyl groups excluding tert-OH is 1. The lowest BCUT2D eigenvalue weighted by molar-refractivity contribution is 0.0736. The SMILES string of the molecule is N[C@@H]1c2c(csc2Br)C(=O)[C@@H]1O. The molecule has 3 N–H and O–H groups in total. The lowest BCUT2D eigenvalue weighted by Crippen LogP contribution is -2.25. The van der Waals surface area contributed by atoms with E-state index in [9.17, 15) is 9.90 Å². The van der Waals surface area contributed by atoms with Crippen LogP contribution in [0.15, 0.2) is 9.17 Å². The molecule has 1 aliphatic rings. The molecule has 1 aromatic rings. The molecule has 0 aromatic carbocycles. The molecular formula is C7H6BrNO2S. The quantitative estimate of drug-likeness (QED) is 0.721. The molecule has 0 saturated heterocycles. The highest BCUT2D eigenvalue weighted by atomic mass is 79.9. The molecule has 2 rings (SSSR count). The van der Waals surface area contributed by atoms with Gasteiger partial charge in [0.2, 0.25) is 0 Å². The minimum Gasteiger partial charge on any atom is -0.383 e. The van der Waals surface area contributed by atoms with Crippen LogP contribution in [0.1, 0.15) is 22.0 Å². The number of hydrogen-bond donors (Lipinski definition) is 2. The van der Waals surface area contributed by atoms with E-state index in [4.69, 9.17) is 5.73 Å². The Balaban J connectivity index is 2.61. The number of rotatable bonds is 0. The molecule has 1 heterocycles. The van der Waals surface area contributed by atoms with Gasteiger partial charge in [0.1, 0.15) is 6.10 Å². The molecule has 1 aliphatic carbocycles. The first-order valence-electron chi connectivity index (χ1n) is 3.37. The van der Waals surface area contributed by atoms with Gasteiger partial charge in [-0.25, -0.2) is 0 Å². The summed E-state index contributed by atoms with van der Waals surface area (Å²) in [7, 11) is 0. The highest BCUT2D eigenvalue weighted by Crippen LogP contribution is 2.39. The van der Waals surface area contributed by atoms with Gasteiger partial charge in [-0.1, -0.05) is 0 Å². The Kier molecular flexibility index (Phi) is 1.84. The summed E-state index contributed by atoms with van der Waals surface area (Å²) in [4.78, 5) is 11.3. The number of halogens is 1. The number of carbonyl (C=O) groups excluding carboxylic acids is 1. The fourth-order valence-corrected chi connectivity index (χ4v) is 2.92. The van der Waals surface area contributed by atoms with Crippen LogP contribution >= 0.6 is 27.3 Å². The van der Waals surface area contributed by atoms with Crippen molar-refractivity contribution >= 4 is 33.0 Å². The number of carbonyl (C=O) groups is 1. The Bertz CT molecular complexity index is 349. The van der Waals surface area contributed by atoms with Gasteiger partial charge >= 0.3 is 0 Å². The van der Waals surface area contributed by atoms with Gasteiger partial charge < -0.3 is 10.8 Å². The van der Waals surface area contributed by atoms with Crippen molar-refractivity contribution in [3.05, 3.63) is 20.3 Å². The first-order chi connectivity index (χ1) is 5.63. The summed E-state index contributed by atoms with van der Waals surface area (Å²) in [5.41, 5.74) is 6.94. The zero-order valence-electron chi connectivity index (χ0n) is 5.95. The van der Waals surface area contributed by atoms with Gasteiger partial charge in [0, 0.05) is 16.5 Å². The van der Waals surface area contributed by atoms with Crippen LogP contribution in [0.4, 0.5) is 0 Å². The third-order valence-corrected chi connectivity index (χ3v) is 3.76. The molecular weight excluding hydrogens is 242 g/mol. The molecule has 0 unspecified atom stereocenters. The van der Waals surface area contributed by atoms with Crippen molar-refractivity contribution < 1.29 is 9.90 Å². The number of thiophene rings is 1. The van der Waals surface area contributed by atoms with Crippen molar-refractivity contribution in [1.82, 2.24) is 0 Å². The Morgan fingerprint density at radius 3 is 2.92 bits per heavy atom. The summed E-state index contributed by atoms with van der Waals surface area (Å²) >= 11 is 4.71. The van der Waals surface area contributed by atoms with Gasteiger partial charge in [-0.3, -0.25) is 4.79 Å². The third kappa shape index (κ3) is 0.908. The van der Waals surface area contributed by atoms with Crippen LogP contribution in [-0.2, 0) is 0 Å². The van der Waals surface area contributed by atoms with E-state index in [1.165, 1.54) is 11.3 Å². The highest BCUT2D eigenvalue weighted by molar-refractivity contribution is 9.11. The van der Waals surface area contributed by atoms with Gasteiger partial charge in [-0.05, 0) is 15.9 Å². The Morgan fingerprint density at radius 1 is 1.67 bits per heavy atom. The van der Waals surface area contributed by atoms with E-state index in [0.717, 1.165) is 9.35 Å². The molecule has 64 valence electrons. The van der Waals surface area contributed by atoms with Crippen molar-refractivity contribution in [2.24, 2.45) is 5.73 Å². The monoisotopic (exact) mass is 247 g/mol. The molecule has 0 radical (unpaired) electrons. The smallest absolute Gasteiger partial charge is 0.194 e. The number of aliphatic hydroxyl groups is 1. The number of ketones is 1. The molecule has 0 fully saturated rings. The van der Waals surface area contributed by atoms with Gasteiger partial charge in [0.05, 0.1) is 9.83 Å². The lowest BCUT2D eigenvalue weighted by Gasteiger charge is -2.06. The lowest BCUT2D eigenvalue weighted by atomic mass is 10.2. The van der Waals surface area contributed by atoms with E-state index < -0.39 is 12.1 Å². The van der Waals surface area contributed by atoms with Crippen LogP contribution in [0.5, 0.6) is 0 Å². The summed E-state index contributed by atoms with van der Waals surface area (Å²) < 4.78 is 0.843. The van der Waals surface area contributed by atoms with Crippen molar-refractivity contribution in [3.8, 4) is 0 Å². The summed E-state index contributed by atoms with van der Waals surface area (Å²) in [6, 6.07) is -0.562. The Hall–Kier alpha value is -0.230. The van der Waals surface area contributed by atoms with E-state index in [2.05, 4.69) is 15.9 Å². The average molecular weight is 248 g/mol. The molecule has 12 heavy (non-hydrogen) atoms. The van der Waals surface area contributed by atoms with Crippen LogP contribution < -0.4 is 5.73 Å². The average Bonchev–Trinajstić information content (AvgIpc) is 2.51. The van der Waals surface area contributed by atoms with Crippen LogP contribution in [-0.4, -0.2) is 17.0 Å². The third-order valence-electron chi connectivity index (χ3n) is 1.99. The number of fused-ring (bicyclic) bond motifs is 1. The zero-order chi connectivity index (χ0) is 8.88. The van der Waals surface area contributed by atoms with Crippen molar-refractivity contribution in [2.45, 2.75) is 12.1 Å². The molecule has 0 bridgehead atoms. The van der Waals surface area contributed by atoms with E-state index in [1.807, 2.05) is 0 Å². The summed E-state index contributed by atoms with van der Waals surface area (Å²) in [5, 5.41) is 11.0. The topological polar surface area (TPSA) is 63.3 Å². The Morgan fingerprint density at radius 2 is 2.33 bits per heavy atom. The van der Waals surface area contributed by atoms with Crippen LogP contribution in [0, 0.1) is 0 Å². The number of nitrogens with two attached hydrogens (primary N) is 1. The van der Waals surface area contributed by atoms with E-state index in [1.54, 1.807) is 5.38 Å². The zero-order valence-corrected chi connectivity index (χ0v) is 8.35. The molecule has 3 nitrogen and oxygen atoms in total. The van der Waals surface area contributed by atoms with Crippen LogP contribution in [0.3, 0.4) is 0 Å². The van der Waals surface area contributed by atoms with E-state index >= 15 is 0 Å². The Labute approximate surface area is 81.3 Å². The van der Waals surface area contributed by atoms with Crippen molar-refractivity contribution in [3.63, 3.8) is 0 Å². The molecule has 0 amide bonds. The van der Waals surface area contributed by atoms with Gasteiger partial charge in [-0.2, -0.15) is 0 Å². The van der Waals surface area contributed by atoms with E-state index in [0.29, 0.717) is 5.56 Å². The molecule has 1 aromatic heterocycles. The largest absolute Gasteiger partial charge is 0.383 e. The molecule has 0 saturated carbocycles. The van der Waals surface area contributed by atoms with E-state index in [-0.39, 0.29) is 5.78 Å². The fourth-order valence-electron chi connectivity index (χ4n) is 1.33. The molecule has 0 spiro atoms. The summed E-state index contributed by atoms with van der Waals surface area (Å²) in [5.74, 6) is -0.264. The van der Waals surface area contributed by atoms with Gasteiger partial charge in [0.25, 0.3) is 0 Å². The molecule has 0 aliphatic heterocycles. The second kappa shape index (κ2) is 2.63. The maximum Gasteiger partial charge on any atom is 0.194 e. The first-order valence-corrected chi connectivity index (χ1v) is 5.05. The standard InChI is InChI=1S/C7H6BrNO2S/c8-7-3-2(1-12-7)5(10)6(11)4(3)9/h1,4,6,11H,9H2/t4-,6-/m1/s1. The second-order valence-corrected chi connectivity index (χ2v) is 4.87. The summed E-state index contributed by atoms with van der Waals surface area (Å²) in [6.45, 7) is 0. The predicted molar refractivity (Wildman–Crippen MR) is 49.3 cm³/mol. The van der Waals surface area contributed by atoms with Gasteiger partial charge in [0.15, 0.2) is 5.78 Å². The van der Waals surface area contributed by atoms with Gasteiger partial charge in [-0.15, -0.1) is 11.3 Å². The maximum absolute atomic E-state index is 11.3. The minimum atomic E-state index is -1.06. The van der Waals surface area contributed by atoms with Crippen LogP contribution in [0.25, 0.3) is 0 Å². The van der Waals surface area contributed by atoms with Crippen molar-refractivity contribution in [2.75, 3.05) is 0 Å². The maximum atomic E-state index is 11.3. The second-order valence-electron chi connectivity index (χ2n) is 2.67. The van der Waals surface area contributed by atoms with Crippen molar-refractivity contribution in [1.29, 1.82) is 0 Å². The fraction of sp³-hybridized carbons (Fsp3) is 0.286. The minimum absolute atomic E-state index is 0.264. The molecule has 5 heteroatoms. The van der Waals surface area contributed by atoms with Crippen LogP contribution in [0.2, 0.25) is 0 Å². The molecule has 2 atom stereocenters. The predicted octanol–water partition coefficient (Wildman–Crippen LogP) is 1.07. The first kappa shape index (κ1) is 8.37. The number of Topliss-reactive ketones (excluding diaryl/α,β-unsaturated/α-hetero) is 1. The normalized spacial score (nSPS) is 27.8.